The van der Waals surface area contributed by atoms with E-state index in [2.05, 4.69) is 60.3 Å². The Morgan fingerprint density at radius 1 is 1.15 bits per heavy atom. The molecule has 3 nitrogen and oxygen atoms in total. The summed E-state index contributed by atoms with van der Waals surface area (Å²) >= 11 is 0. The SMILES string of the molecule is C=C(CCC(C)(C)O)C(C)(C)C1CCC2C3=CC(=O)C4(C)CC(O)C(C)CC4(C)C3C=CC21C. The van der Waals surface area contributed by atoms with Gasteiger partial charge in [-0.3, -0.25) is 4.79 Å². The van der Waals surface area contributed by atoms with Crippen LogP contribution in [0.3, 0.4) is 0 Å². The Morgan fingerprint density at radius 3 is 2.41 bits per heavy atom. The van der Waals surface area contributed by atoms with Gasteiger partial charge >= 0.3 is 0 Å². The number of carbonyl (C=O) groups is 1. The van der Waals surface area contributed by atoms with Crippen molar-refractivity contribution in [2.24, 2.45) is 45.3 Å². The molecule has 0 aromatic carbocycles. The molecule has 0 aromatic heterocycles. The summed E-state index contributed by atoms with van der Waals surface area (Å²) in [6, 6.07) is 0. The van der Waals surface area contributed by atoms with Crippen LogP contribution >= 0.6 is 0 Å². The molecule has 0 saturated heterocycles. The average Bonchev–Trinajstić information content (AvgIpc) is 3.07. The van der Waals surface area contributed by atoms with Crippen molar-refractivity contribution < 1.29 is 15.0 Å². The van der Waals surface area contributed by atoms with Gasteiger partial charge in [0.25, 0.3) is 0 Å². The van der Waals surface area contributed by atoms with Crippen LogP contribution in [0.4, 0.5) is 0 Å². The number of aliphatic hydroxyl groups is 2. The van der Waals surface area contributed by atoms with Crippen LogP contribution < -0.4 is 0 Å². The van der Waals surface area contributed by atoms with Crippen LogP contribution in [0.5, 0.6) is 0 Å². The molecule has 2 N–H and O–H groups in total. The largest absolute Gasteiger partial charge is 0.393 e. The Balaban J connectivity index is 1.68. The van der Waals surface area contributed by atoms with E-state index in [1.165, 1.54) is 11.1 Å². The lowest BCUT2D eigenvalue weighted by Gasteiger charge is -2.60. The molecule has 34 heavy (non-hydrogen) atoms. The molecular weight excluding hydrogens is 420 g/mol. The summed E-state index contributed by atoms with van der Waals surface area (Å²) in [5.41, 5.74) is 1.17. The minimum atomic E-state index is -0.681. The number of allylic oxidation sites excluding steroid dienone is 5. The van der Waals surface area contributed by atoms with Gasteiger partial charge in [-0.05, 0) is 92.4 Å². The number of carbonyl (C=O) groups excluding carboxylic acids is 1. The molecule has 0 aliphatic heterocycles. The molecule has 4 aliphatic rings. The zero-order chi connectivity index (χ0) is 25.5. The maximum absolute atomic E-state index is 13.7. The second kappa shape index (κ2) is 7.90. The summed E-state index contributed by atoms with van der Waals surface area (Å²) in [6.07, 6.45) is 11.8. The van der Waals surface area contributed by atoms with Gasteiger partial charge in [-0.15, -0.1) is 0 Å². The van der Waals surface area contributed by atoms with Crippen molar-refractivity contribution in [3.05, 3.63) is 36.0 Å². The number of ketones is 1. The minimum Gasteiger partial charge on any atom is -0.393 e. The van der Waals surface area contributed by atoms with Crippen molar-refractivity contribution in [3.63, 3.8) is 0 Å². The first-order valence-electron chi connectivity index (χ1n) is 13.5. The molecule has 4 aliphatic carbocycles. The van der Waals surface area contributed by atoms with E-state index in [0.29, 0.717) is 18.3 Å². The molecule has 0 heterocycles. The molecule has 0 spiro atoms. The number of fused-ring (bicyclic) bond motifs is 5. The molecule has 0 amide bonds. The third-order valence-corrected chi connectivity index (χ3v) is 11.3. The summed E-state index contributed by atoms with van der Waals surface area (Å²) < 4.78 is 0. The highest BCUT2D eigenvalue weighted by molar-refractivity contribution is 5.97. The molecule has 2 saturated carbocycles. The maximum Gasteiger partial charge on any atom is 0.162 e. The molecular formula is C31H48O3. The van der Waals surface area contributed by atoms with Crippen molar-refractivity contribution in [2.45, 2.75) is 106 Å². The van der Waals surface area contributed by atoms with E-state index >= 15 is 0 Å². The van der Waals surface area contributed by atoms with Crippen molar-refractivity contribution in [1.29, 1.82) is 0 Å². The molecule has 2 fully saturated rings. The van der Waals surface area contributed by atoms with Gasteiger partial charge in [0.15, 0.2) is 5.78 Å². The summed E-state index contributed by atoms with van der Waals surface area (Å²) in [4.78, 5) is 13.7. The molecule has 8 atom stereocenters. The van der Waals surface area contributed by atoms with Crippen LogP contribution in [0.1, 0.15) is 93.9 Å². The summed E-state index contributed by atoms with van der Waals surface area (Å²) in [6.45, 7) is 21.9. The molecule has 8 unspecified atom stereocenters. The monoisotopic (exact) mass is 468 g/mol. The smallest absolute Gasteiger partial charge is 0.162 e. The lowest BCUT2D eigenvalue weighted by Crippen LogP contribution is -2.59. The molecule has 4 rings (SSSR count). The number of hydrogen-bond donors (Lipinski definition) is 2. The Hall–Kier alpha value is -1.19. The summed E-state index contributed by atoms with van der Waals surface area (Å²) in [5, 5.41) is 20.9. The second-order valence-electron chi connectivity index (χ2n) is 14.2. The van der Waals surface area contributed by atoms with Crippen molar-refractivity contribution in [2.75, 3.05) is 0 Å². The van der Waals surface area contributed by atoms with Gasteiger partial charge in [-0.1, -0.05) is 71.4 Å². The number of aliphatic hydroxyl groups excluding tert-OH is 1. The topological polar surface area (TPSA) is 57.5 Å². The van der Waals surface area contributed by atoms with Crippen LogP contribution in [-0.4, -0.2) is 27.7 Å². The van der Waals surface area contributed by atoms with E-state index in [9.17, 15) is 15.0 Å². The molecule has 0 aromatic rings. The van der Waals surface area contributed by atoms with Crippen LogP contribution in [-0.2, 0) is 4.79 Å². The molecule has 190 valence electrons. The van der Waals surface area contributed by atoms with Gasteiger partial charge in [0.1, 0.15) is 0 Å². The number of hydrogen-bond acceptors (Lipinski definition) is 3. The van der Waals surface area contributed by atoms with Crippen molar-refractivity contribution in [3.8, 4) is 0 Å². The Labute approximate surface area is 207 Å². The highest BCUT2D eigenvalue weighted by Gasteiger charge is 2.64. The van der Waals surface area contributed by atoms with E-state index in [-0.39, 0.29) is 33.9 Å². The van der Waals surface area contributed by atoms with Crippen molar-refractivity contribution >= 4 is 5.78 Å². The van der Waals surface area contributed by atoms with Gasteiger partial charge in [0, 0.05) is 11.3 Å². The Bertz CT molecular complexity index is 933. The van der Waals surface area contributed by atoms with E-state index < -0.39 is 17.1 Å². The second-order valence-corrected chi connectivity index (χ2v) is 14.2. The minimum absolute atomic E-state index is 0.00627. The Kier molecular flexibility index (Phi) is 6.02. The fourth-order valence-corrected chi connectivity index (χ4v) is 8.57. The van der Waals surface area contributed by atoms with Gasteiger partial charge in [0.2, 0.25) is 0 Å². The van der Waals surface area contributed by atoms with E-state index in [4.69, 9.17) is 0 Å². The first-order valence-corrected chi connectivity index (χ1v) is 13.5. The van der Waals surface area contributed by atoms with Gasteiger partial charge in [-0.2, -0.15) is 0 Å². The van der Waals surface area contributed by atoms with Gasteiger partial charge in [0.05, 0.1) is 11.7 Å². The highest BCUT2D eigenvalue weighted by Crippen LogP contribution is 2.68. The zero-order valence-corrected chi connectivity index (χ0v) is 22.9. The average molecular weight is 469 g/mol. The fourth-order valence-electron chi connectivity index (χ4n) is 8.57. The zero-order valence-electron chi connectivity index (χ0n) is 22.9. The normalized spacial score (nSPS) is 44.2. The molecule has 3 heteroatoms. The maximum atomic E-state index is 13.7. The third kappa shape index (κ3) is 3.63. The lowest BCUT2D eigenvalue weighted by molar-refractivity contribution is -0.150. The predicted octanol–water partition coefficient (Wildman–Crippen LogP) is 6.65. The molecule has 0 radical (unpaired) electrons. The first kappa shape index (κ1) is 25.9. The van der Waals surface area contributed by atoms with Crippen molar-refractivity contribution in [1.82, 2.24) is 0 Å². The van der Waals surface area contributed by atoms with Gasteiger partial charge < -0.3 is 10.2 Å². The standard InChI is InChI=1S/C31H48O3/c1-19-17-30(8)23-13-15-29(7)22(21(23)16-26(33)31(30,9)18-24(19)32)10-11-25(29)28(5,6)20(2)12-14-27(3,4)34/h13,15-16,19,22-25,32,34H,2,10-12,14,17-18H2,1,3-9H3. The first-order chi connectivity index (χ1) is 15.5. The van der Waals surface area contributed by atoms with E-state index in [1.807, 2.05) is 19.9 Å². The summed E-state index contributed by atoms with van der Waals surface area (Å²) in [5.74, 6) is 1.52. The fraction of sp³-hybridized carbons (Fsp3) is 0.774. The number of rotatable bonds is 5. The van der Waals surface area contributed by atoms with E-state index in [0.717, 1.165) is 32.1 Å². The molecule has 0 bridgehead atoms. The highest BCUT2D eigenvalue weighted by atomic mass is 16.3. The van der Waals surface area contributed by atoms with Crippen LogP contribution in [0.25, 0.3) is 0 Å². The Morgan fingerprint density at radius 2 is 1.79 bits per heavy atom. The lowest BCUT2D eigenvalue weighted by atomic mass is 9.43. The predicted molar refractivity (Wildman–Crippen MR) is 139 cm³/mol. The van der Waals surface area contributed by atoms with Crippen LogP contribution in [0.2, 0.25) is 0 Å². The van der Waals surface area contributed by atoms with Crippen LogP contribution in [0, 0.1) is 45.3 Å². The van der Waals surface area contributed by atoms with Gasteiger partial charge in [-0.25, -0.2) is 0 Å². The quantitative estimate of drug-likeness (QED) is 0.444. The van der Waals surface area contributed by atoms with E-state index in [1.54, 1.807) is 0 Å². The third-order valence-electron chi connectivity index (χ3n) is 11.3. The summed E-state index contributed by atoms with van der Waals surface area (Å²) in [7, 11) is 0. The van der Waals surface area contributed by atoms with Crippen LogP contribution in [0.15, 0.2) is 36.0 Å².